The quantitative estimate of drug-likeness (QED) is 0.575. The zero-order chi connectivity index (χ0) is 20.5. The fourth-order valence-electron chi connectivity index (χ4n) is 3.30. The number of hydrogen-bond donors (Lipinski definition) is 3. The third-order valence-corrected chi connectivity index (χ3v) is 6.31. The molecule has 0 bridgehead atoms. The molecule has 1 fully saturated rings. The van der Waals surface area contributed by atoms with Crippen molar-refractivity contribution in [1.29, 1.82) is 0 Å². The number of aryl methyl sites for hydroxylation is 2. The Bertz CT molecular complexity index is 1080. The molecule has 2 aromatic heterocycles. The summed E-state index contributed by atoms with van der Waals surface area (Å²) in [5.74, 6) is -1.19. The molecular weight excluding hydrogens is 394 g/mol. The summed E-state index contributed by atoms with van der Waals surface area (Å²) in [6.07, 6.45) is 0.209. The summed E-state index contributed by atoms with van der Waals surface area (Å²) in [5, 5.41) is 9.82. The van der Waals surface area contributed by atoms with Crippen LogP contribution in [0.2, 0.25) is 0 Å². The van der Waals surface area contributed by atoms with Crippen LogP contribution >= 0.6 is 11.3 Å². The predicted molar refractivity (Wildman–Crippen MR) is 112 cm³/mol. The summed E-state index contributed by atoms with van der Waals surface area (Å²) < 4.78 is 28.6. The highest BCUT2D eigenvalue weighted by Gasteiger charge is 2.20. The van der Waals surface area contributed by atoms with Gasteiger partial charge >= 0.3 is 0 Å². The van der Waals surface area contributed by atoms with Crippen molar-refractivity contribution in [1.82, 2.24) is 15.6 Å². The summed E-state index contributed by atoms with van der Waals surface area (Å²) in [6.45, 7) is 5.49. The van der Waals surface area contributed by atoms with Crippen LogP contribution < -0.4 is 16.0 Å². The molecular formula is C21H22F2N4OS. The van der Waals surface area contributed by atoms with Gasteiger partial charge in [0, 0.05) is 36.8 Å². The normalized spacial score (nSPS) is 14.1. The van der Waals surface area contributed by atoms with E-state index in [9.17, 15) is 13.6 Å². The molecule has 4 rings (SSSR count). The van der Waals surface area contributed by atoms with E-state index < -0.39 is 11.6 Å². The highest BCUT2D eigenvalue weighted by molar-refractivity contribution is 7.20. The van der Waals surface area contributed by atoms with Crippen LogP contribution in [0, 0.1) is 25.5 Å². The van der Waals surface area contributed by atoms with Gasteiger partial charge in [-0.3, -0.25) is 4.79 Å². The third kappa shape index (κ3) is 4.09. The first-order valence-corrected chi connectivity index (χ1v) is 10.3. The Morgan fingerprint density at radius 2 is 2.03 bits per heavy atom. The molecule has 0 radical (unpaired) electrons. The first kappa shape index (κ1) is 19.7. The number of halogens is 2. The Hall–Kier alpha value is -2.58. The Morgan fingerprint density at radius 3 is 2.76 bits per heavy atom. The Morgan fingerprint density at radius 1 is 1.24 bits per heavy atom. The highest BCUT2D eigenvalue weighted by atomic mass is 32.1. The van der Waals surface area contributed by atoms with Crippen LogP contribution in [0.4, 0.5) is 14.5 Å². The van der Waals surface area contributed by atoms with Crippen LogP contribution in [-0.2, 0) is 6.42 Å². The minimum absolute atomic E-state index is 0.122. The van der Waals surface area contributed by atoms with Crippen molar-refractivity contribution >= 4 is 33.1 Å². The van der Waals surface area contributed by atoms with Crippen molar-refractivity contribution in [2.24, 2.45) is 0 Å². The molecule has 1 aliphatic rings. The first-order chi connectivity index (χ1) is 13.9. The Labute approximate surface area is 171 Å². The lowest BCUT2D eigenvalue weighted by atomic mass is 10.1. The molecule has 0 saturated carbocycles. The minimum Gasteiger partial charge on any atom is -0.377 e. The zero-order valence-corrected chi connectivity index (χ0v) is 17.1. The predicted octanol–water partition coefficient (Wildman–Crippen LogP) is 3.55. The number of fused-ring (bicyclic) bond motifs is 1. The molecule has 0 spiro atoms. The molecule has 3 aromatic rings. The monoisotopic (exact) mass is 416 g/mol. The maximum Gasteiger partial charge on any atom is 0.261 e. The lowest BCUT2D eigenvalue weighted by Crippen LogP contribution is -2.51. The number of carbonyl (C=O) groups is 1. The van der Waals surface area contributed by atoms with Gasteiger partial charge in [-0.15, -0.1) is 11.3 Å². The summed E-state index contributed by atoms with van der Waals surface area (Å²) in [6, 6.07) is 6.40. The maximum atomic E-state index is 14.4. The Kier molecular flexibility index (Phi) is 5.47. The summed E-state index contributed by atoms with van der Waals surface area (Å²) in [5.41, 5.74) is 2.19. The Balaban J connectivity index is 1.40. The van der Waals surface area contributed by atoms with Crippen LogP contribution in [-0.4, -0.2) is 36.6 Å². The molecule has 152 valence electrons. The van der Waals surface area contributed by atoms with E-state index in [0.717, 1.165) is 34.6 Å². The summed E-state index contributed by atoms with van der Waals surface area (Å²) in [4.78, 5) is 18.5. The number of anilines is 1. The second-order valence-electron chi connectivity index (χ2n) is 7.29. The second-order valence-corrected chi connectivity index (χ2v) is 8.29. The van der Waals surface area contributed by atoms with Gasteiger partial charge < -0.3 is 16.0 Å². The maximum absolute atomic E-state index is 14.4. The van der Waals surface area contributed by atoms with E-state index in [1.807, 2.05) is 26.0 Å². The minimum atomic E-state index is -0.485. The van der Waals surface area contributed by atoms with Crippen LogP contribution in [0.3, 0.4) is 0 Å². The van der Waals surface area contributed by atoms with Gasteiger partial charge in [0.1, 0.15) is 16.5 Å². The van der Waals surface area contributed by atoms with Crippen molar-refractivity contribution in [3.8, 4) is 0 Å². The number of carbonyl (C=O) groups excluding carboxylic acids is 1. The van der Waals surface area contributed by atoms with E-state index in [4.69, 9.17) is 0 Å². The van der Waals surface area contributed by atoms with Crippen LogP contribution in [0.1, 0.15) is 26.5 Å². The molecule has 1 saturated heterocycles. The number of hydrogen-bond acceptors (Lipinski definition) is 5. The van der Waals surface area contributed by atoms with Crippen LogP contribution in [0.5, 0.6) is 0 Å². The molecule has 1 amide bonds. The summed E-state index contributed by atoms with van der Waals surface area (Å²) in [7, 11) is 0. The van der Waals surface area contributed by atoms with Gasteiger partial charge in [0.25, 0.3) is 5.91 Å². The average molecular weight is 416 g/mol. The van der Waals surface area contributed by atoms with Crippen LogP contribution in [0.25, 0.3) is 10.2 Å². The first-order valence-electron chi connectivity index (χ1n) is 9.52. The number of pyridine rings is 1. The molecule has 0 aliphatic carbocycles. The number of benzene rings is 1. The molecule has 1 aliphatic heterocycles. The van der Waals surface area contributed by atoms with Gasteiger partial charge in [-0.05, 0) is 49.6 Å². The number of aromatic nitrogens is 1. The zero-order valence-electron chi connectivity index (χ0n) is 16.2. The summed E-state index contributed by atoms with van der Waals surface area (Å²) >= 11 is 1.34. The SMILES string of the molecule is Cc1ccc2c(C)c(C(=O)NCCc3cc(F)c(NC4CNC4)cc3F)sc2n1. The van der Waals surface area contributed by atoms with Gasteiger partial charge in [0.2, 0.25) is 0 Å². The van der Waals surface area contributed by atoms with Gasteiger partial charge in [-0.2, -0.15) is 0 Å². The van der Waals surface area contributed by atoms with E-state index in [-0.39, 0.29) is 36.2 Å². The van der Waals surface area contributed by atoms with E-state index in [1.165, 1.54) is 23.5 Å². The number of nitrogens with one attached hydrogen (secondary N) is 3. The van der Waals surface area contributed by atoms with Gasteiger partial charge in [0.15, 0.2) is 0 Å². The van der Waals surface area contributed by atoms with Gasteiger partial charge in [-0.25, -0.2) is 13.8 Å². The number of nitrogens with zero attached hydrogens (tertiary/aromatic N) is 1. The van der Waals surface area contributed by atoms with Crippen molar-refractivity contribution < 1.29 is 13.6 Å². The number of amides is 1. The van der Waals surface area contributed by atoms with Crippen LogP contribution in [0.15, 0.2) is 24.3 Å². The third-order valence-electron chi connectivity index (χ3n) is 5.11. The van der Waals surface area contributed by atoms with Gasteiger partial charge in [0.05, 0.1) is 16.6 Å². The van der Waals surface area contributed by atoms with E-state index in [1.54, 1.807) is 0 Å². The average Bonchev–Trinajstić information content (AvgIpc) is 2.97. The number of rotatable bonds is 6. The van der Waals surface area contributed by atoms with E-state index in [0.29, 0.717) is 4.88 Å². The number of thiophene rings is 1. The van der Waals surface area contributed by atoms with E-state index in [2.05, 4.69) is 20.9 Å². The van der Waals surface area contributed by atoms with Crippen molar-refractivity contribution in [3.05, 3.63) is 57.6 Å². The molecule has 0 atom stereocenters. The molecule has 3 N–H and O–H groups in total. The smallest absolute Gasteiger partial charge is 0.261 e. The molecule has 5 nitrogen and oxygen atoms in total. The molecule has 0 unspecified atom stereocenters. The molecule has 8 heteroatoms. The second kappa shape index (κ2) is 8.04. The van der Waals surface area contributed by atoms with Gasteiger partial charge in [-0.1, -0.05) is 0 Å². The largest absolute Gasteiger partial charge is 0.377 e. The molecule has 1 aromatic carbocycles. The van der Waals surface area contributed by atoms with E-state index >= 15 is 0 Å². The molecule has 3 heterocycles. The lowest BCUT2D eigenvalue weighted by Gasteiger charge is -2.29. The van der Waals surface area contributed by atoms with Crippen molar-refractivity contribution in [2.75, 3.05) is 25.0 Å². The topological polar surface area (TPSA) is 66.1 Å². The molecule has 29 heavy (non-hydrogen) atoms. The fourth-order valence-corrected chi connectivity index (χ4v) is 4.44. The lowest BCUT2D eigenvalue weighted by molar-refractivity contribution is 0.0957. The van der Waals surface area contributed by atoms with Crippen molar-refractivity contribution in [2.45, 2.75) is 26.3 Å². The highest BCUT2D eigenvalue weighted by Crippen LogP contribution is 2.29. The van der Waals surface area contributed by atoms with Crippen molar-refractivity contribution in [3.63, 3.8) is 0 Å². The standard InChI is InChI=1S/C21H22F2N4OS/c1-11-3-4-15-12(2)19(29-21(15)26-11)20(28)25-6-5-13-7-17(23)18(8-16(13)22)27-14-9-24-10-14/h3-4,7-8,14,24,27H,5-6,9-10H2,1-2H3,(H,25,28). The fraction of sp³-hybridized carbons (Fsp3) is 0.333.